The number of carbonyl (C=O) groups excluding carboxylic acids is 3. The molecule has 0 saturated carbocycles. The second-order valence-electron chi connectivity index (χ2n) is 5.78. The predicted octanol–water partition coefficient (Wildman–Crippen LogP) is -1.08. The Bertz CT molecular complexity index is 550. The Morgan fingerprint density at radius 2 is 1.73 bits per heavy atom. The van der Waals surface area contributed by atoms with Crippen LogP contribution in [0.3, 0.4) is 0 Å². The van der Waals surface area contributed by atoms with Gasteiger partial charge >= 0.3 is 0 Å². The third-order valence-corrected chi connectivity index (χ3v) is 5.39. The molecule has 2 fully saturated rings. The van der Waals surface area contributed by atoms with Gasteiger partial charge < -0.3 is 5.32 Å². The van der Waals surface area contributed by atoms with Crippen LogP contribution in [0.5, 0.6) is 0 Å². The molecule has 1 N–H and O–H groups in total. The van der Waals surface area contributed by atoms with Gasteiger partial charge in [0, 0.05) is 32.5 Å². The lowest BCUT2D eigenvalue weighted by molar-refractivity contribution is -0.142. The summed E-state index contributed by atoms with van der Waals surface area (Å²) in [5.74, 6) is -0.746. The molecule has 0 radical (unpaired) electrons. The number of nitrogens with one attached hydrogen (secondary N) is 1. The summed E-state index contributed by atoms with van der Waals surface area (Å²) in [4.78, 5) is 35.6. The van der Waals surface area contributed by atoms with E-state index in [4.69, 9.17) is 0 Å². The first-order valence-corrected chi connectivity index (χ1v) is 9.17. The average Bonchev–Trinajstić information content (AvgIpc) is 2.76. The van der Waals surface area contributed by atoms with E-state index in [1.54, 1.807) is 0 Å². The first kappa shape index (κ1) is 16.9. The highest BCUT2D eigenvalue weighted by molar-refractivity contribution is 7.88. The maximum atomic E-state index is 11.8. The minimum atomic E-state index is -3.14. The van der Waals surface area contributed by atoms with Gasteiger partial charge in [-0.1, -0.05) is 0 Å². The van der Waals surface area contributed by atoms with Crippen LogP contribution in [0.1, 0.15) is 25.7 Å². The summed E-state index contributed by atoms with van der Waals surface area (Å²) < 4.78 is 24.2. The molecule has 0 aromatic carbocycles. The second kappa shape index (κ2) is 6.74. The van der Waals surface area contributed by atoms with Crippen molar-refractivity contribution in [1.82, 2.24) is 14.5 Å². The van der Waals surface area contributed by atoms with Gasteiger partial charge in [-0.25, -0.2) is 12.7 Å². The molecule has 2 heterocycles. The predicted molar refractivity (Wildman–Crippen MR) is 78.1 cm³/mol. The zero-order valence-corrected chi connectivity index (χ0v) is 13.4. The molecule has 2 aliphatic heterocycles. The van der Waals surface area contributed by atoms with E-state index in [0.717, 1.165) is 4.90 Å². The summed E-state index contributed by atoms with van der Waals surface area (Å²) >= 11 is 0. The fourth-order valence-corrected chi connectivity index (χ4v) is 3.58. The Kier molecular flexibility index (Phi) is 5.17. The monoisotopic (exact) mass is 331 g/mol. The molecular formula is C13H21N3O5S. The Labute approximate surface area is 129 Å². The van der Waals surface area contributed by atoms with Gasteiger partial charge in [-0.2, -0.15) is 0 Å². The highest BCUT2D eigenvalue weighted by Gasteiger charge is 2.31. The van der Waals surface area contributed by atoms with Crippen LogP contribution in [0.15, 0.2) is 0 Å². The molecule has 124 valence electrons. The van der Waals surface area contributed by atoms with Crippen LogP contribution in [0.25, 0.3) is 0 Å². The second-order valence-corrected chi connectivity index (χ2v) is 7.77. The average molecular weight is 331 g/mol. The van der Waals surface area contributed by atoms with Crippen molar-refractivity contribution in [1.29, 1.82) is 0 Å². The van der Waals surface area contributed by atoms with Crippen molar-refractivity contribution in [3.8, 4) is 0 Å². The molecule has 22 heavy (non-hydrogen) atoms. The maximum Gasteiger partial charge on any atom is 0.240 e. The van der Waals surface area contributed by atoms with Crippen molar-refractivity contribution in [2.75, 3.05) is 32.4 Å². The summed E-state index contributed by atoms with van der Waals surface area (Å²) in [6, 6.07) is 0. The van der Waals surface area contributed by atoms with E-state index in [9.17, 15) is 22.8 Å². The van der Waals surface area contributed by atoms with Crippen molar-refractivity contribution in [3.63, 3.8) is 0 Å². The summed E-state index contributed by atoms with van der Waals surface area (Å²) in [6.07, 6.45) is 2.93. The number of rotatable bonds is 5. The van der Waals surface area contributed by atoms with Crippen molar-refractivity contribution in [2.24, 2.45) is 5.92 Å². The number of nitrogens with zero attached hydrogens (tertiary/aromatic N) is 2. The van der Waals surface area contributed by atoms with E-state index in [1.165, 1.54) is 10.6 Å². The Balaban J connectivity index is 1.72. The topological polar surface area (TPSA) is 104 Å². The molecule has 0 aromatic rings. The molecule has 2 saturated heterocycles. The lowest BCUT2D eigenvalue weighted by Gasteiger charge is -2.30. The number of hydrogen-bond acceptors (Lipinski definition) is 5. The van der Waals surface area contributed by atoms with Crippen molar-refractivity contribution >= 4 is 27.7 Å². The number of likely N-dealkylation sites (tertiary alicyclic amines) is 1. The molecule has 0 aliphatic carbocycles. The third kappa shape index (κ3) is 4.26. The molecule has 0 unspecified atom stereocenters. The van der Waals surface area contributed by atoms with Gasteiger partial charge in [0.05, 0.1) is 6.26 Å². The molecule has 3 amide bonds. The van der Waals surface area contributed by atoms with Crippen LogP contribution < -0.4 is 5.32 Å². The van der Waals surface area contributed by atoms with E-state index in [0.29, 0.717) is 32.5 Å². The molecule has 2 aliphatic rings. The molecular weight excluding hydrogens is 310 g/mol. The standard InChI is InChI=1S/C13H21N3O5S/c1-22(20,21)15-6-4-10(5-7-15)8-14-11(17)9-16-12(18)2-3-13(16)19/h10H,2-9H2,1H3,(H,14,17). The zero-order valence-electron chi connectivity index (χ0n) is 12.6. The first-order chi connectivity index (χ1) is 10.3. The van der Waals surface area contributed by atoms with Crippen LogP contribution in [0, 0.1) is 5.92 Å². The Morgan fingerprint density at radius 1 is 1.18 bits per heavy atom. The van der Waals surface area contributed by atoms with Gasteiger partial charge in [0.25, 0.3) is 0 Å². The van der Waals surface area contributed by atoms with E-state index in [-0.39, 0.29) is 43.0 Å². The van der Waals surface area contributed by atoms with Crippen molar-refractivity contribution in [2.45, 2.75) is 25.7 Å². The lowest BCUT2D eigenvalue weighted by Crippen LogP contribution is -2.44. The van der Waals surface area contributed by atoms with Gasteiger partial charge in [-0.3, -0.25) is 19.3 Å². The fraction of sp³-hybridized carbons (Fsp3) is 0.769. The van der Waals surface area contributed by atoms with Crippen LogP contribution in [-0.4, -0.2) is 67.8 Å². The van der Waals surface area contributed by atoms with Gasteiger partial charge in [0.1, 0.15) is 6.54 Å². The molecule has 0 aromatic heterocycles. The van der Waals surface area contributed by atoms with Gasteiger partial charge in [0.15, 0.2) is 0 Å². The minimum Gasteiger partial charge on any atom is -0.354 e. The number of carbonyl (C=O) groups is 3. The molecule has 9 heteroatoms. The molecule has 0 atom stereocenters. The van der Waals surface area contributed by atoms with Crippen LogP contribution in [0.4, 0.5) is 0 Å². The SMILES string of the molecule is CS(=O)(=O)N1CCC(CNC(=O)CN2C(=O)CCC2=O)CC1. The van der Waals surface area contributed by atoms with Gasteiger partial charge in [-0.05, 0) is 18.8 Å². The van der Waals surface area contributed by atoms with E-state index < -0.39 is 10.0 Å². The highest BCUT2D eigenvalue weighted by Crippen LogP contribution is 2.18. The van der Waals surface area contributed by atoms with E-state index in [2.05, 4.69) is 5.32 Å². The number of sulfonamides is 1. The summed E-state index contributed by atoms with van der Waals surface area (Å²) in [5, 5.41) is 2.72. The van der Waals surface area contributed by atoms with E-state index in [1.807, 2.05) is 0 Å². The minimum absolute atomic E-state index is 0.177. The lowest BCUT2D eigenvalue weighted by atomic mass is 9.98. The normalized spacial score (nSPS) is 21.4. The largest absolute Gasteiger partial charge is 0.354 e. The number of hydrogen-bond donors (Lipinski definition) is 1. The number of piperidine rings is 1. The maximum absolute atomic E-state index is 11.8. The summed E-state index contributed by atoms with van der Waals surface area (Å²) in [5.41, 5.74) is 0. The van der Waals surface area contributed by atoms with E-state index >= 15 is 0 Å². The van der Waals surface area contributed by atoms with Crippen LogP contribution in [0.2, 0.25) is 0 Å². The van der Waals surface area contributed by atoms with Crippen LogP contribution in [-0.2, 0) is 24.4 Å². The van der Waals surface area contributed by atoms with Gasteiger partial charge in [-0.15, -0.1) is 0 Å². The highest BCUT2D eigenvalue weighted by atomic mass is 32.2. The van der Waals surface area contributed by atoms with Crippen LogP contribution >= 0.6 is 0 Å². The summed E-state index contributed by atoms with van der Waals surface area (Å²) in [6.45, 7) is 1.14. The smallest absolute Gasteiger partial charge is 0.240 e. The first-order valence-electron chi connectivity index (χ1n) is 7.32. The fourth-order valence-electron chi connectivity index (χ4n) is 2.70. The molecule has 2 rings (SSSR count). The Morgan fingerprint density at radius 3 is 2.23 bits per heavy atom. The molecule has 0 bridgehead atoms. The van der Waals surface area contributed by atoms with Crippen molar-refractivity contribution in [3.05, 3.63) is 0 Å². The third-order valence-electron chi connectivity index (χ3n) is 4.09. The molecule has 0 spiro atoms. The van der Waals surface area contributed by atoms with Gasteiger partial charge in [0.2, 0.25) is 27.7 Å². The zero-order chi connectivity index (χ0) is 16.3. The quantitative estimate of drug-likeness (QED) is 0.646. The summed E-state index contributed by atoms with van der Waals surface area (Å²) in [7, 11) is -3.14. The number of imide groups is 1. The Hall–Kier alpha value is -1.48. The van der Waals surface area contributed by atoms with Crippen molar-refractivity contribution < 1.29 is 22.8 Å². The number of amides is 3. The molecule has 8 nitrogen and oxygen atoms in total.